The molecular weight excluding hydrogens is 240 g/mol. The van der Waals surface area contributed by atoms with E-state index >= 15 is 0 Å². The Labute approximate surface area is 104 Å². The summed E-state index contributed by atoms with van der Waals surface area (Å²) in [7, 11) is 1.59. The number of rotatable bonds is 3. The number of hydrogen-bond acceptors (Lipinski definition) is 4. The molecule has 1 aromatic carbocycles. The average molecular weight is 251 g/mol. The second kappa shape index (κ2) is 5.12. The summed E-state index contributed by atoms with van der Waals surface area (Å²) >= 11 is 5.87. The fourth-order valence-electron chi connectivity index (χ4n) is 1.46. The predicted molar refractivity (Wildman–Crippen MR) is 64.1 cm³/mol. The lowest BCUT2D eigenvalue weighted by atomic mass is 10.1. The number of aliphatic hydroxyl groups is 1. The third kappa shape index (κ3) is 2.54. The predicted octanol–water partition coefficient (Wildman–Crippen LogP) is 2.22. The Morgan fingerprint density at radius 2 is 1.82 bits per heavy atom. The first-order valence-corrected chi connectivity index (χ1v) is 5.38. The molecule has 0 aliphatic carbocycles. The number of methoxy groups -OCH3 is 1. The molecule has 2 aromatic rings. The van der Waals surface area contributed by atoms with Crippen molar-refractivity contribution >= 4 is 11.6 Å². The van der Waals surface area contributed by atoms with E-state index in [2.05, 4.69) is 9.97 Å². The van der Waals surface area contributed by atoms with Crippen molar-refractivity contribution < 1.29 is 9.84 Å². The molecule has 0 fully saturated rings. The standard InChI is InChI=1S/C12H11ClN2O2/c1-17-9-4-2-8(3-5-9)11(16)10-12(13)15-7-6-14-10/h2-7,11,16H,1H3/t11-/m1/s1. The van der Waals surface area contributed by atoms with Crippen LogP contribution in [0.4, 0.5) is 0 Å². The molecule has 0 amide bonds. The van der Waals surface area contributed by atoms with E-state index in [0.29, 0.717) is 11.3 Å². The number of hydrogen-bond donors (Lipinski definition) is 1. The summed E-state index contributed by atoms with van der Waals surface area (Å²) in [5, 5.41) is 10.3. The summed E-state index contributed by atoms with van der Waals surface area (Å²) in [4.78, 5) is 7.90. The van der Waals surface area contributed by atoms with E-state index in [1.165, 1.54) is 12.4 Å². The van der Waals surface area contributed by atoms with Crippen LogP contribution >= 0.6 is 11.6 Å². The molecular formula is C12H11ClN2O2. The van der Waals surface area contributed by atoms with Crippen LogP contribution in [0.25, 0.3) is 0 Å². The highest BCUT2D eigenvalue weighted by molar-refractivity contribution is 6.30. The Bertz CT molecular complexity index is 502. The molecule has 0 saturated carbocycles. The fourth-order valence-corrected chi connectivity index (χ4v) is 1.67. The van der Waals surface area contributed by atoms with Gasteiger partial charge in [-0.15, -0.1) is 0 Å². The van der Waals surface area contributed by atoms with Gasteiger partial charge in [0.05, 0.1) is 7.11 Å². The van der Waals surface area contributed by atoms with Gasteiger partial charge in [0, 0.05) is 12.4 Å². The zero-order chi connectivity index (χ0) is 12.3. The molecule has 0 bridgehead atoms. The summed E-state index contributed by atoms with van der Waals surface area (Å²) in [6, 6.07) is 7.05. The van der Waals surface area contributed by atoms with E-state index in [1.54, 1.807) is 31.4 Å². The van der Waals surface area contributed by atoms with E-state index < -0.39 is 6.10 Å². The summed E-state index contributed by atoms with van der Waals surface area (Å²) in [6.45, 7) is 0. The molecule has 1 N–H and O–H groups in total. The normalized spacial score (nSPS) is 12.2. The average Bonchev–Trinajstić information content (AvgIpc) is 2.39. The second-order valence-corrected chi connectivity index (χ2v) is 3.77. The van der Waals surface area contributed by atoms with E-state index in [4.69, 9.17) is 16.3 Å². The SMILES string of the molecule is COc1ccc([C@@H](O)c2nccnc2Cl)cc1. The van der Waals surface area contributed by atoms with Crippen LogP contribution < -0.4 is 4.74 Å². The maximum absolute atomic E-state index is 10.1. The van der Waals surface area contributed by atoms with E-state index in [9.17, 15) is 5.11 Å². The quantitative estimate of drug-likeness (QED) is 0.908. The van der Waals surface area contributed by atoms with E-state index in [0.717, 1.165) is 5.75 Å². The summed E-state index contributed by atoms with van der Waals surface area (Å²) in [5.41, 5.74) is 1.03. The van der Waals surface area contributed by atoms with Gasteiger partial charge in [0.2, 0.25) is 0 Å². The molecule has 1 atom stereocenters. The van der Waals surface area contributed by atoms with Crippen molar-refractivity contribution in [3.8, 4) is 5.75 Å². The van der Waals surface area contributed by atoms with Gasteiger partial charge < -0.3 is 9.84 Å². The molecule has 1 heterocycles. The number of nitrogens with zero attached hydrogens (tertiary/aromatic N) is 2. The lowest BCUT2D eigenvalue weighted by Crippen LogP contribution is -2.04. The Balaban J connectivity index is 2.30. The lowest BCUT2D eigenvalue weighted by molar-refractivity contribution is 0.215. The molecule has 0 unspecified atom stereocenters. The maximum Gasteiger partial charge on any atom is 0.153 e. The van der Waals surface area contributed by atoms with Crippen molar-refractivity contribution in [3.63, 3.8) is 0 Å². The van der Waals surface area contributed by atoms with Crippen molar-refractivity contribution in [2.24, 2.45) is 0 Å². The molecule has 0 spiro atoms. The second-order valence-electron chi connectivity index (χ2n) is 3.41. The minimum atomic E-state index is -0.887. The molecule has 88 valence electrons. The van der Waals surface area contributed by atoms with Gasteiger partial charge in [0.15, 0.2) is 5.15 Å². The summed E-state index contributed by atoms with van der Waals surface area (Å²) in [6.07, 6.45) is 2.09. The van der Waals surface area contributed by atoms with Crippen molar-refractivity contribution in [3.05, 3.63) is 53.1 Å². The highest BCUT2D eigenvalue weighted by atomic mass is 35.5. The van der Waals surface area contributed by atoms with E-state index in [-0.39, 0.29) is 5.15 Å². The van der Waals surface area contributed by atoms with Crippen LogP contribution in [0.15, 0.2) is 36.7 Å². The first-order chi connectivity index (χ1) is 8.22. The van der Waals surface area contributed by atoms with Gasteiger partial charge in [0.1, 0.15) is 17.5 Å². The van der Waals surface area contributed by atoms with Crippen LogP contribution in [0.2, 0.25) is 5.15 Å². The Morgan fingerprint density at radius 3 is 2.41 bits per heavy atom. The molecule has 5 heteroatoms. The molecule has 0 aliphatic rings. The zero-order valence-corrected chi connectivity index (χ0v) is 9.93. The van der Waals surface area contributed by atoms with Crippen molar-refractivity contribution in [2.75, 3.05) is 7.11 Å². The van der Waals surface area contributed by atoms with Crippen molar-refractivity contribution in [1.29, 1.82) is 0 Å². The van der Waals surface area contributed by atoms with Crippen molar-refractivity contribution in [1.82, 2.24) is 9.97 Å². The molecule has 2 rings (SSSR count). The molecule has 4 nitrogen and oxygen atoms in total. The Kier molecular flexibility index (Phi) is 3.56. The van der Waals surface area contributed by atoms with Crippen LogP contribution in [-0.2, 0) is 0 Å². The third-order valence-corrected chi connectivity index (χ3v) is 2.66. The first kappa shape index (κ1) is 11.8. The highest BCUT2D eigenvalue weighted by Crippen LogP contribution is 2.25. The third-order valence-electron chi connectivity index (χ3n) is 2.37. The largest absolute Gasteiger partial charge is 0.497 e. The fraction of sp³-hybridized carbons (Fsp3) is 0.167. The molecule has 0 radical (unpaired) electrons. The first-order valence-electron chi connectivity index (χ1n) is 5.01. The number of aliphatic hydroxyl groups excluding tert-OH is 1. The van der Waals surface area contributed by atoms with Gasteiger partial charge in [-0.05, 0) is 17.7 Å². The minimum absolute atomic E-state index is 0.204. The Hall–Kier alpha value is -1.65. The maximum atomic E-state index is 10.1. The van der Waals surface area contributed by atoms with Gasteiger partial charge in [-0.25, -0.2) is 4.98 Å². The van der Waals surface area contributed by atoms with Gasteiger partial charge >= 0.3 is 0 Å². The number of aromatic nitrogens is 2. The summed E-state index contributed by atoms with van der Waals surface area (Å²) < 4.78 is 5.04. The van der Waals surface area contributed by atoms with Crippen LogP contribution in [-0.4, -0.2) is 22.2 Å². The Morgan fingerprint density at radius 1 is 1.18 bits per heavy atom. The van der Waals surface area contributed by atoms with Crippen LogP contribution in [0.1, 0.15) is 17.4 Å². The van der Waals surface area contributed by atoms with Crippen molar-refractivity contribution in [2.45, 2.75) is 6.10 Å². The highest BCUT2D eigenvalue weighted by Gasteiger charge is 2.15. The van der Waals surface area contributed by atoms with Gasteiger partial charge in [-0.2, -0.15) is 0 Å². The van der Waals surface area contributed by atoms with Crippen LogP contribution in [0, 0.1) is 0 Å². The zero-order valence-electron chi connectivity index (χ0n) is 9.17. The van der Waals surface area contributed by atoms with Crippen LogP contribution in [0.3, 0.4) is 0 Å². The van der Waals surface area contributed by atoms with Crippen LogP contribution in [0.5, 0.6) is 5.75 Å². The van der Waals surface area contributed by atoms with Gasteiger partial charge in [-0.3, -0.25) is 4.98 Å². The number of halogens is 1. The van der Waals surface area contributed by atoms with Gasteiger partial charge in [0.25, 0.3) is 0 Å². The smallest absolute Gasteiger partial charge is 0.153 e. The number of benzene rings is 1. The van der Waals surface area contributed by atoms with Gasteiger partial charge in [-0.1, -0.05) is 23.7 Å². The molecule has 1 aromatic heterocycles. The topological polar surface area (TPSA) is 55.2 Å². The monoisotopic (exact) mass is 250 g/mol. The molecule has 0 aliphatic heterocycles. The molecule has 0 saturated heterocycles. The molecule has 17 heavy (non-hydrogen) atoms. The number of ether oxygens (including phenoxy) is 1. The summed E-state index contributed by atoms with van der Waals surface area (Å²) in [5.74, 6) is 0.728. The van der Waals surface area contributed by atoms with E-state index in [1.807, 2.05) is 0 Å². The lowest BCUT2D eigenvalue weighted by Gasteiger charge is -2.11. The minimum Gasteiger partial charge on any atom is -0.497 e.